The Hall–Kier alpha value is -3.65. The Bertz CT molecular complexity index is 1510. The molecule has 34 heavy (non-hydrogen) atoms. The monoisotopic (exact) mass is 461 g/mol. The van der Waals surface area contributed by atoms with Gasteiger partial charge in [-0.15, -0.1) is 5.10 Å². The van der Waals surface area contributed by atoms with E-state index >= 15 is 0 Å². The highest BCUT2D eigenvalue weighted by Crippen LogP contribution is 2.24. The highest BCUT2D eigenvalue weighted by atomic mass is 16.1. The molecule has 174 valence electrons. The van der Waals surface area contributed by atoms with E-state index < -0.39 is 18.0 Å². The number of carbonyl (C=O) groups excluding carboxylic acids is 1. The zero-order chi connectivity index (χ0) is 28.0. The number of rotatable bonds is 6. The molecule has 1 fully saturated rings. The minimum Gasteiger partial charge on any atom is -0.345 e. The Balaban J connectivity index is 1.32. The molecule has 0 N–H and O–H groups in total. The lowest BCUT2D eigenvalue weighted by atomic mass is 10.0. The van der Waals surface area contributed by atoms with Gasteiger partial charge in [-0.05, 0) is 36.6 Å². The fraction of sp³-hybridized carbons (Fsp3) is 0.346. The van der Waals surface area contributed by atoms with E-state index in [9.17, 15) is 4.79 Å². The lowest BCUT2D eigenvalue weighted by Gasteiger charge is -2.41. The van der Waals surface area contributed by atoms with Crippen LogP contribution in [-0.2, 0) is 13.5 Å². The van der Waals surface area contributed by atoms with Gasteiger partial charge in [-0.3, -0.25) is 14.5 Å². The summed E-state index contributed by atoms with van der Waals surface area (Å²) in [6, 6.07) is 11.2. The maximum atomic E-state index is 13.2. The van der Waals surface area contributed by atoms with Crippen molar-refractivity contribution in [2.45, 2.75) is 13.3 Å². The van der Waals surface area contributed by atoms with Gasteiger partial charge in [0, 0.05) is 41.6 Å². The molecule has 8 nitrogen and oxygen atoms in total. The van der Waals surface area contributed by atoms with Crippen LogP contribution in [0.5, 0.6) is 0 Å². The first-order valence-corrected chi connectivity index (χ1v) is 11.2. The summed E-state index contributed by atoms with van der Waals surface area (Å²) in [5, 5.41) is 10.1. The molecule has 0 unspecified atom stereocenters. The van der Waals surface area contributed by atoms with Crippen molar-refractivity contribution >= 4 is 22.4 Å². The van der Waals surface area contributed by atoms with Gasteiger partial charge in [0.25, 0.3) is 0 Å². The molecular formula is C26H30N7O+. The number of fused-ring (bicyclic) bond motifs is 1. The first-order chi connectivity index (χ1) is 18.4. The molecule has 3 aromatic heterocycles. The van der Waals surface area contributed by atoms with E-state index in [0.717, 1.165) is 22.0 Å². The summed E-state index contributed by atoms with van der Waals surface area (Å²) in [5.41, 5.74) is 2.82. The maximum Gasteiger partial charge on any atom is 0.169 e. The summed E-state index contributed by atoms with van der Waals surface area (Å²) in [6.07, 6.45) is 5.29. The Labute approximate surface area is 206 Å². The van der Waals surface area contributed by atoms with E-state index in [0.29, 0.717) is 30.2 Å². The molecule has 0 amide bonds. The minimum atomic E-state index is -2.47. The predicted molar refractivity (Wildman–Crippen MR) is 133 cm³/mol. The number of piperazine rings is 1. The molecule has 4 heterocycles. The number of likely N-dealkylation sites (N-methyl/N-ethyl adjacent to an activating group) is 1. The number of Topliss-reactive ketones (excluding diaryl/α,β-unsaturated/α-hetero) is 1. The quantitative estimate of drug-likeness (QED) is 0.324. The molecule has 0 atom stereocenters. The highest BCUT2D eigenvalue weighted by molar-refractivity contribution is 5.98. The zero-order valence-electron chi connectivity index (χ0n) is 24.3. The van der Waals surface area contributed by atoms with Crippen LogP contribution in [0.3, 0.4) is 0 Å². The average molecular weight is 462 g/mol. The van der Waals surface area contributed by atoms with Gasteiger partial charge < -0.3 is 9.38 Å². The van der Waals surface area contributed by atoms with Crippen LogP contribution in [-0.4, -0.2) is 74.9 Å². The summed E-state index contributed by atoms with van der Waals surface area (Å²) in [5.74, 6) is 0.464. The van der Waals surface area contributed by atoms with Crippen molar-refractivity contribution in [3.63, 3.8) is 0 Å². The first kappa shape index (κ1) is 16.9. The fourth-order valence-corrected chi connectivity index (χ4v) is 4.21. The van der Waals surface area contributed by atoms with Gasteiger partial charge in [0.2, 0.25) is 0 Å². The van der Waals surface area contributed by atoms with E-state index in [2.05, 4.69) is 20.3 Å². The molecule has 0 aliphatic carbocycles. The second kappa shape index (κ2) is 8.95. The molecule has 5 rings (SSSR count). The largest absolute Gasteiger partial charge is 0.345 e. The third-order valence-electron chi connectivity index (χ3n) is 6.34. The third kappa shape index (κ3) is 4.54. The number of ketones is 1. The number of nitrogens with zero attached hydrogens (tertiary/aromatic N) is 7. The Kier molecular flexibility index (Phi) is 4.44. The van der Waals surface area contributed by atoms with Crippen molar-refractivity contribution in [3.8, 4) is 11.3 Å². The highest BCUT2D eigenvalue weighted by Gasteiger charge is 2.27. The van der Waals surface area contributed by atoms with Crippen LogP contribution < -0.4 is 4.90 Å². The van der Waals surface area contributed by atoms with Crippen molar-refractivity contribution in [2.24, 2.45) is 7.05 Å². The number of hydrogen-bond acceptors (Lipinski definition) is 6. The number of aromatic nitrogens is 5. The summed E-state index contributed by atoms with van der Waals surface area (Å²) in [6.45, 7) is -2.21. The smallest absolute Gasteiger partial charge is 0.169 e. The summed E-state index contributed by atoms with van der Waals surface area (Å²) in [4.78, 5) is 24.0. The van der Waals surface area contributed by atoms with Crippen molar-refractivity contribution in [1.29, 1.82) is 0 Å². The van der Waals surface area contributed by atoms with E-state index in [-0.39, 0.29) is 25.3 Å². The summed E-state index contributed by atoms with van der Waals surface area (Å²) < 4.78 is 41.4. The van der Waals surface area contributed by atoms with Crippen molar-refractivity contribution in [3.05, 3.63) is 66.2 Å². The van der Waals surface area contributed by atoms with Gasteiger partial charge in [-0.1, -0.05) is 17.3 Å². The molecule has 0 saturated carbocycles. The van der Waals surface area contributed by atoms with Crippen LogP contribution in [0.2, 0.25) is 0 Å². The topological polar surface area (TPSA) is 76.8 Å². The molecule has 0 radical (unpaired) electrons. The molecule has 1 aromatic carbocycles. The van der Waals surface area contributed by atoms with Crippen LogP contribution in [0.1, 0.15) is 29.8 Å². The van der Waals surface area contributed by atoms with Crippen LogP contribution in [0.15, 0.2) is 55.0 Å². The predicted octanol–water partition coefficient (Wildman–Crippen LogP) is 3.14. The zero-order valence-corrected chi connectivity index (χ0v) is 19.3. The second-order valence-corrected chi connectivity index (χ2v) is 8.64. The number of quaternary nitrogens is 1. The molecule has 0 bridgehead atoms. The van der Waals surface area contributed by atoms with E-state index in [4.69, 9.17) is 6.85 Å². The van der Waals surface area contributed by atoms with Crippen molar-refractivity contribution in [2.75, 3.05) is 44.6 Å². The van der Waals surface area contributed by atoms with Gasteiger partial charge in [0.05, 0.1) is 59.1 Å². The molecule has 1 saturated heterocycles. The Morgan fingerprint density at radius 2 is 2.00 bits per heavy atom. The second-order valence-electron chi connectivity index (χ2n) is 8.64. The van der Waals surface area contributed by atoms with Crippen LogP contribution in [0.4, 0.5) is 5.82 Å². The summed E-state index contributed by atoms with van der Waals surface area (Å²) >= 11 is 0. The first-order valence-electron chi connectivity index (χ1n) is 13.7. The lowest BCUT2D eigenvalue weighted by Crippen LogP contribution is -2.57. The van der Waals surface area contributed by atoms with Crippen LogP contribution >= 0.6 is 0 Å². The van der Waals surface area contributed by atoms with Gasteiger partial charge in [0.1, 0.15) is 11.5 Å². The molecule has 8 heteroatoms. The fourth-order valence-electron chi connectivity index (χ4n) is 4.21. The molecule has 4 aromatic rings. The SMILES string of the molecule is [2H]C([2H])([2H])[N+]1(C([2H])([2H])C)CCN(c2cc(C(=O)Cc3cc4cc(-c5cn(C)nn5)ccc4cn3)ccn2)CC1. The van der Waals surface area contributed by atoms with Gasteiger partial charge in [-0.2, -0.15) is 0 Å². The minimum absolute atomic E-state index is 0.106. The number of carbonyl (C=O) groups is 1. The van der Waals surface area contributed by atoms with Crippen molar-refractivity contribution < 1.29 is 16.1 Å². The summed E-state index contributed by atoms with van der Waals surface area (Å²) in [7, 11) is 1.81. The number of benzene rings is 1. The average Bonchev–Trinajstić information content (AvgIpc) is 3.33. The Morgan fingerprint density at radius 1 is 1.15 bits per heavy atom. The standard InChI is InChI=1S/C26H30N7O/c1-4-33(3)11-9-32(10-12-33)26-15-20(7-8-27-26)25(34)16-23-14-22-13-19(5-6-21(22)17-28-23)24-18-31(2)30-29-24/h5-8,13-15,17-18H,4,9-12,16H2,1-3H3/q+1/i3D3,4D2. The maximum absolute atomic E-state index is 13.2. The lowest BCUT2D eigenvalue weighted by molar-refractivity contribution is -0.908. The molecule has 0 spiro atoms. The number of pyridine rings is 2. The van der Waals surface area contributed by atoms with E-state index in [1.807, 2.05) is 42.4 Å². The van der Waals surface area contributed by atoms with Gasteiger partial charge in [0.15, 0.2) is 5.78 Å². The van der Waals surface area contributed by atoms with E-state index in [1.54, 1.807) is 29.2 Å². The molecule has 1 aliphatic rings. The van der Waals surface area contributed by atoms with Gasteiger partial charge in [-0.25, -0.2) is 4.98 Å². The van der Waals surface area contributed by atoms with E-state index in [1.165, 1.54) is 6.92 Å². The Morgan fingerprint density at radius 3 is 2.74 bits per heavy atom. The van der Waals surface area contributed by atoms with Crippen LogP contribution in [0.25, 0.3) is 22.0 Å². The number of aryl methyl sites for hydroxylation is 1. The van der Waals surface area contributed by atoms with Crippen molar-refractivity contribution in [1.82, 2.24) is 25.0 Å². The molecule has 1 aliphatic heterocycles. The third-order valence-corrected chi connectivity index (χ3v) is 6.34. The number of hydrogen-bond donors (Lipinski definition) is 0. The molecular weight excluding hydrogens is 426 g/mol. The number of anilines is 1. The normalized spacial score (nSPS) is 18.5. The van der Waals surface area contributed by atoms with Gasteiger partial charge >= 0.3 is 0 Å². The van der Waals surface area contributed by atoms with Crippen LogP contribution in [0, 0.1) is 0 Å².